The first kappa shape index (κ1) is 14.1. The molecule has 0 aliphatic rings. The number of hydrogen-bond donors (Lipinski definition) is 0. The average molecular weight is 590 g/mol. The molecule has 10 aromatic rings. The number of aromatic nitrogens is 2. The number of para-hydroxylation sites is 5. The zero-order valence-corrected chi connectivity index (χ0v) is 23.2. The molecule has 3 nitrogen and oxygen atoms in total. The maximum Gasteiger partial charge on any atom is 0.136 e. The summed E-state index contributed by atoms with van der Waals surface area (Å²) in [6, 6.07) is 10.6. The molecule has 0 bridgehead atoms. The lowest BCUT2D eigenvalue weighted by Gasteiger charge is -2.15. The number of hydrogen-bond acceptors (Lipinski definition) is 1. The Balaban J connectivity index is 1.43. The summed E-state index contributed by atoms with van der Waals surface area (Å²) < 4.78 is 143. The van der Waals surface area contributed by atoms with Crippen molar-refractivity contribution >= 4 is 65.6 Å². The van der Waals surface area contributed by atoms with Crippen LogP contribution in [-0.2, 0) is 0 Å². The van der Waals surface area contributed by atoms with Gasteiger partial charge >= 0.3 is 0 Å². The van der Waals surface area contributed by atoms with Gasteiger partial charge in [0.2, 0.25) is 0 Å². The summed E-state index contributed by atoms with van der Waals surface area (Å²) in [5.41, 5.74) is 1.39. The first-order chi connectivity index (χ1) is 28.6. The third-order valence-electron chi connectivity index (χ3n) is 8.24. The maximum atomic E-state index is 9.90. The van der Waals surface area contributed by atoms with E-state index in [4.69, 9.17) is 18.1 Å². The lowest BCUT2D eigenvalue weighted by Crippen LogP contribution is -1.98. The van der Waals surface area contributed by atoms with Gasteiger partial charge in [-0.25, -0.2) is 0 Å². The molecule has 3 heterocycles. The molecule has 0 saturated carbocycles. The molecule has 7 aromatic carbocycles. The number of nitrogens with zero attached hydrogens (tertiary/aromatic N) is 2. The lowest BCUT2D eigenvalue weighted by atomic mass is 9.98. The van der Waals surface area contributed by atoms with Crippen molar-refractivity contribution in [2.75, 3.05) is 0 Å². The van der Waals surface area contributed by atoms with Crippen molar-refractivity contribution in [1.29, 1.82) is 0 Å². The Kier molecular flexibility index (Phi) is 2.90. The van der Waals surface area contributed by atoms with Crippen molar-refractivity contribution in [1.82, 2.24) is 9.13 Å². The average Bonchev–Trinajstić information content (AvgIpc) is 3.93. The molecule has 0 aliphatic heterocycles. The van der Waals surface area contributed by atoms with Crippen LogP contribution in [0, 0.1) is 0 Å². The van der Waals surface area contributed by atoms with Gasteiger partial charge in [-0.05, 0) is 60.0 Å². The van der Waals surface area contributed by atoms with Crippen LogP contribution in [0.25, 0.3) is 88.1 Å². The van der Waals surface area contributed by atoms with Crippen molar-refractivity contribution in [3.8, 4) is 22.5 Å². The highest BCUT2D eigenvalue weighted by atomic mass is 16.3. The van der Waals surface area contributed by atoms with E-state index in [1.807, 2.05) is 48.5 Å². The SMILES string of the molecule is [2H]c1c([2H])c([2H])c2c(c1[2H])c1c([2H])c(-n3c4c([2H])c([2H])c([2H])c([2H])c4c4c([2H])c([2H])c([2H])c([2H])c43)c([2H])c([2H])c1n2-c1ccccc1-c1cccc2oc3ccccc3c12. The van der Waals surface area contributed by atoms with Crippen molar-refractivity contribution < 1.29 is 25.0 Å². The minimum absolute atomic E-state index is 0.0997. The predicted octanol–water partition coefficient (Wildman–Crippen LogP) is 11.4. The predicted molar refractivity (Wildman–Crippen MR) is 188 cm³/mol. The third kappa shape index (κ3) is 3.41. The highest BCUT2D eigenvalue weighted by Gasteiger charge is 2.20. The second-order valence-corrected chi connectivity index (χ2v) is 10.6. The quantitative estimate of drug-likeness (QED) is 0.201. The highest BCUT2D eigenvalue weighted by molar-refractivity contribution is 6.15. The zero-order chi connectivity index (χ0) is 42.5. The standard InChI is InChI=1S/C42H26N2O/c1-6-18-35-28(12-1)29-13-2-7-19-36(29)43(35)27-24-25-39-34(26-27)31-15-4-9-21-38(31)44(39)37-20-8-3-14-30(37)32-17-11-23-41-42(32)33-16-5-10-22-40(33)45-41/h1-26H/i1D,2D,4D,6D,7D,9D,12D,13D,15D,18D,19D,21D,24D,25D,26D. The molecule has 0 saturated heterocycles. The van der Waals surface area contributed by atoms with E-state index in [-0.39, 0.29) is 43.6 Å². The molecular formula is C42H26N2O. The van der Waals surface area contributed by atoms with Crippen molar-refractivity contribution in [2.24, 2.45) is 0 Å². The summed E-state index contributed by atoms with van der Waals surface area (Å²) in [5, 5.41) is 0.658. The molecule has 0 unspecified atom stereocenters. The summed E-state index contributed by atoms with van der Waals surface area (Å²) in [5.74, 6) is 0. The smallest absolute Gasteiger partial charge is 0.136 e. The van der Waals surface area contributed by atoms with E-state index in [1.165, 1.54) is 4.57 Å². The number of furan rings is 1. The van der Waals surface area contributed by atoms with Gasteiger partial charge in [0.05, 0.1) is 48.3 Å². The van der Waals surface area contributed by atoms with Gasteiger partial charge in [0.15, 0.2) is 0 Å². The van der Waals surface area contributed by atoms with E-state index >= 15 is 0 Å². The van der Waals surface area contributed by atoms with Gasteiger partial charge in [0.1, 0.15) is 11.2 Å². The molecular weight excluding hydrogens is 548 g/mol. The summed E-state index contributed by atoms with van der Waals surface area (Å²) in [7, 11) is 0. The largest absolute Gasteiger partial charge is 0.456 e. The van der Waals surface area contributed by atoms with Crippen molar-refractivity contribution in [3.63, 3.8) is 0 Å². The number of rotatable bonds is 3. The van der Waals surface area contributed by atoms with Crippen LogP contribution in [-0.4, -0.2) is 9.13 Å². The van der Waals surface area contributed by atoms with Gasteiger partial charge in [0.25, 0.3) is 0 Å². The van der Waals surface area contributed by atoms with Gasteiger partial charge < -0.3 is 13.6 Å². The van der Waals surface area contributed by atoms with Gasteiger partial charge in [-0.2, -0.15) is 0 Å². The molecule has 210 valence electrons. The molecule has 45 heavy (non-hydrogen) atoms. The van der Waals surface area contributed by atoms with E-state index in [1.54, 1.807) is 18.2 Å². The molecule has 0 aliphatic carbocycles. The van der Waals surface area contributed by atoms with Crippen LogP contribution in [0.1, 0.15) is 20.6 Å². The van der Waals surface area contributed by atoms with Crippen LogP contribution >= 0.6 is 0 Å². The molecule has 0 N–H and O–H groups in total. The third-order valence-corrected chi connectivity index (χ3v) is 8.24. The summed E-state index contributed by atoms with van der Waals surface area (Å²) in [4.78, 5) is 0. The zero-order valence-electron chi connectivity index (χ0n) is 38.2. The lowest BCUT2D eigenvalue weighted by molar-refractivity contribution is 0.669. The Morgan fingerprint density at radius 2 is 1.02 bits per heavy atom. The van der Waals surface area contributed by atoms with E-state index in [2.05, 4.69) is 0 Å². The molecule has 3 aromatic heterocycles. The molecule has 0 atom stereocenters. The molecule has 0 fully saturated rings. The van der Waals surface area contributed by atoms with Crippen LogP contribution in [0.2, 0.25) is 0 Å². The van der Waals surface area contributed by atoms with E-state index in [9.17, 15) is 6.85 Å². The molecule has 3 heteroatoms. The Labute approximate surface area is 279 Å². The molecule has 0 radical (unpaired) electrons. The maximum absolute atomic E-state index is 9.90. The molecule has 10 rings (SSSR count). The summed E-state index contributed by atoms with van der Waals surface area (Å²) in [6.07, 6.45) is 0. The van der Waals surface area contributed by atoms with Gasteiger partial charge in [0, 0.05) is 43.6 Å². The van der Waals surface area contributed by atoms with Gasteiger partial charge in [-0.1, -0.05) is 103 Å². The second-order valence-electron chi connectivity index (χ2n) is 10.6. The Hall–Kier alpha value is -6.06. The van der Waals surface area contributed by atoms with Gasteiger partial charge in [-0.15, -0.1) is 0 Å². The Bertz CT molecular complexity index is 3540. The van der Waals surface area contributed by atoms with Crippen molar-refractivity contribution in [3.05, 3.63) is 157 Å². The molecule has 0 amide bonds. The van der Waals surface area contributed by atoms with E-state index in [0.29, 0.717) is 28.0 Å². The minimum atomic E-state index is -0.709. The van der Waals surface area contributed by atoms with Gasteiger partial charge in [-0.3, -0.25) is 0 Å². The normalized spacial score (nSPS) is 16.7. The summed E-state index contributed by atoms with van der Waals surface area (Å²) >= 11 is 0. The van der Waals surface area contributed by atoms with Crippen molar-refractivity contribution in [2.45, 2.75) is 0 Å². The fourth-order valence-electron chi connectivity index (χ4n) is 6.40. The minimum Gasteiger partial charge on any atom is -0.456 e. The number of fused-ring (bicyclic) bond motifs is 9. The first-order valence-electron chi connectivity index (χ1n) is 21.6. The Morgan fingerprint density at radius 3 is 1.80 bits per heavy atom. The first-order valence-corrected chi connectivity index (χ1v) is 14.1. The number of benzene rings is 7. The second kappa shape index (κ2) is 9.22. The van der Waals surface area contributed by atoms with Crippen LogP contribution in [0.15, 0.2) is 162 Å². The topological polar surface area (TPSA) is 23.0 Å². The Morgan fingerprint density at radius 1 is 0.444 bits per heavy atom. The van der Waals surface area contributed by atoms with Crippen LogP contribution in [0.4, 0.5) is 0 Å². The summed E-state index contributed by atoms with van der Waals surface area (Å²) in [6.45, 7) is 0. The fourth-order valence-corrected chi connectivity index (χ4v) is 6.40. The van der Waals surface area contributed by atoms with E-state index < -0.39 is 96.3 Å². The fraction of sp³-hybridized carbons (Fsp3) is 0. The highest BCUT2D eigenvalue weighted by Crippen LogP contribution is 2.42. The molecule has 0 spiro atoms. The van der Waals surface area contributed by atoms with Crippen LogP contribution < -0.4 is 0 Å². The van der Waals surface area contributed by atoms with E-state index in [0.717, 1.165) is 15.3 Å². The van der Waals surface area contributed by atoms with Crippen LogP contribution in [0.5, 0.6) is 0 Å². The van der Waals surface area contributed by atoms with Crippen LogP contribution in [0.3, 0.4) is 0 Å². The monoisotopic (exact) mass is 589 g/mol.